The van der Waals surface area contributed by atoms with Crippen molar-refractivity contribution in [2.75, 3.05) is 7.11 Å². The largest absolute Gasteiger partial charge is 0.497 e. The lowest BCUT2D eigenvalue weighted by Crippen LogP contribution is -2.34. The Bertz CT molecular complexity index is 1610. The number of fused-ring (bicyclic) bond motifs is 1. The fourth-order valence-electron chi connectivity index (χ4n) is 3.90. The van der Waals surface area contributed by atoms with Crippen LogP contribution in [0.1, 0.15) is 17.5 Å². The predicted octanol–water partition coefficient (Wildman–Crippen LogP) is 3.40. The van der Waals surface area contributed by atoms with Crippen LogP contribution in [0, 0.1) is 13.8 Å². The summed E-state index contributed by atoms with van der Waals surface area (Å²) in [4.78, 5) is 24.7. The SMILES string of the molecule is COc1ccc2nnn(CCC(C(=O)O)S(=O)(=O)c3ccc(-c4ccc(C)c(C)c4)cc3)c(=O)c2c1. The molecule has 0 aliphatic rings. The first-order valence-electron chi connectivity index (χ1n) is 11.2. The molecular formula is C26H25N3O6S. The van der Waals surface area contributed by atoms with Gasteiger partial charge in [0.25, 0.3) is 5.56 Å². The van der Waals surface area contributed by atoms with Gasteiger partial charge in [0, 0.05) is 6.54 Å². The van der Waals surface area contributed by atoms with Gasteiger partial charge < -0.3 is 9.84 Å². The molecule has 0 radical (unpaired) electrons. The van der Waals surface area contributed by atoms with E-state index in [9.17, 15) is 23.1 Å². The number of carboxylic acid groups (broad SMARTS) is 1. The molecule has 0 saturated heterocycles. The maximum Gasteiger partial charge on any atom is 0.322 e. The standard InChI is InChI=1S/C26H25N3O6S/c1-16-4-5-19(14-17(16)2)18-6-9-21(10-7-18)36(33,34)24(26(31)32)12-13-29-25(30)22-15-20(35-3)8-11-23(22)27-28-29/h4-11,14-15,24H,12-13H2,1-3H3,(H,31,32). The molecule has 1 unspecified atom stereocenters. The van der Waals surface area contributed by atoms with Crippen LogP contribution in [-0.4, -0.2) is 46.8 Å². The fraction of sp³-hybridized carbons (Fsp3) is 0.231. The quantitative estimate of drug-likeness (QED) is 0.384. The number of carboxylic acids is 1. The first-order valence-corrected chi connectivity index (χ1v) is 12.7. The molecule has 1 heterocycles. The van der Waals surface area contributed by atoms with Crippen molar-refractivity contribution >= 4 is 26.7 Å². The molecule has 1 aromatic heterocycles. The molecule has 0 fully saturated rings. The van der Waals surface area contributed by atoms with Crippen LogP contribution in [0.4, 0.5) is 0 Å². The zero-order valence-electron chi connectivity index (χ0n) is 20.0. The van der Waals surface area contributed by atoms with E-state index in [1.54, 1.807) is 24.3 Å². The van der Waals surface area contributed by atoms with Crippen molar-refractivity contribution in [3.8, 4) is 16.9 Å². The highest BCUT2D eigenvalue weighted by molar-refractivity contribution is 7.92. The fourth-order valence-corrected chi connectivity index (χ4v) is 5.43. The van der Waals surface area contributed by atoms with Crippen molar-refractivity contribution in [2.45, 2.75) is 37.0 Å². The van der Waals surface area contributed by atoms with Crippen molar-refractivity contribution in [2.24, 2.45) is 0 Å². The second kappa shape index (κ2) is 9.90. The average molecular weight is 508 g/mol. The summed E-state index contributed by atoms with van der Waals surface area (Å²) < 4.78 is 32.5. The summed E-state index contributed by atoms with van der Waals surface area (Å²) in [5.41, 5.74) is 3.85. The van der Waals surface area contributed by atoms with Gasteiger partial charge >= 0.3 is 5.97 Å². The van der Waals surface area contributed by atoms with E-state index >= 15 is 0 Å². The van der Waals surface area contributed by atoms with Crippen LogP contribution in [0.15, 0.2) is 70.4 Å². The van der Waals surface area contributed by atoms with Crippen molar-refractivity contribution in [3.05, 3.63) is 82.1 Å². The van der Waals surface area contributed by atoms with E-state index < -0.39 is 26.6 Å². The van der Waals surface area contributed by atoms with Crippen molar-refractivity contribution in [1.29, 1.82) is 0 Å². The van der Waals surface area contributed by atoms with E-state index in [4.69, 9.17) is 4.74 Å². The molecule has 0 aliphatic heterocycles. The molecule has 0 saturated carbocycles. The molecular weight excluding hydrogens is 482 g/mol. The Morgan fingerprint density at radius 2 is 1.69 bits per heavy atom. The first kappa shape index (κ1) is 25.1. The minimum absolute atomic E-state index is 0.107. The number of ether oxygens (including phenoxy) is 1. The number of rotatable bonds is 8. The zero-order valence-corrected chi connectivity index (χ0v) is 20.8. The molecule has 0 spiro atoms. The third-order valence-electron chi connectivity index (χ3n) is 6.21. The smallest absolute Gasteiger partial charge is 0.322 e. The molecule has 3 aromatic carbocycles. The molecule has 0 aliphatic carbocycles. The maximum atomic E-state index is 13.2. The molecule has 10 heteroatoms. The number of sulfone groups is 1. The zero-order chi connectivity index (χ0) is 26.0. The normalized spacial score (nSPS) is 12.4. The van der Waals surface area contributed by atoms with E-state index in [-0.39, 0.29) is 23.2 Å². The highest BCUT2D eigenvalue weighted by Crippen LogP contribution is 2.26. The second-order valence-corrected chi connectivity index (χ2v) is 10.6. The van der Waals surface area contributed by atoms with Crippen LogP contribution in [0.5, 0.6) is 5.75 Å². The van der Waals surface area contributed by atoms with Gasteiger partial charge in [0.05, 0.1) is 17.4 Å². The number of benzene rings is 3. The van der Waals surface area contributed by atoms with E-state index in [0.717, 1.165) is 26.9 Å². The number of aryl methyl sites for hydroxylation is 3. The minimum Gasteiger partial charge on any atom is -0.497 e. The van der Waals surface area contributed by atoms with Gasteiger partial charge in [0.1, 0.15) is 11.3 Å². The van der Waals surface area contributed by atoms with Gasteiger partial charge in [0.2, 0.25) is 0 Å². The molecule has 36 heavy (non-hydrogen) atoms. The van der Waals surface area contributed by atoms with Gasteiger partial charge in [-0.05, 0) is 72.9 Å². The van der Waals surface area contributed by atoms with Crippen molar-refractivity contribution in [1.82, 2.24) is 15.0 Å². The van der Waals surface area contributed by atoms with Gasteiger partial charge in [0.15, 0.2) is 15.1 Å². The van der Waals surface area contributed by atoms with Gasteiger partial charge in [-0.1, -0.05) is 35.5 Å². The number of carbonyl (C=O) groups is 1. The van der Waals surface area contributed by atoms with Crippen LogP contribution in [0.25, 0.3) is 22.0 Å². The average Bonchev–Trinajstić information content (AvgIpc) is 2.86. The van der Waals surface area contributed by atoms with E-state index in [2.05, 4.69) is 10.3 Å². The Kier molecular flexibility index (Phi) is 6.89. The summed E-state index contributed by atoms with van der Waals surface area (Å²) in [6, 6.07) is 16.8. The van der Waals surface area contributed by atoms with Crippen LogP contribution in [0.3, 0.4) is 0 Å². The molecule has 186 valence electrons. The van der Waals surface area contributed by atoms with E-state index in [1.807, 2.05) is 32.0 Å². The lowest BCUT2D eigenvalue weighted by Gasteiger charge is -2.15. The summed E-state index contributed by atoms with van der Waals surface area (Å²) in [6.07, 6.45) is -0.360. The molecule has 4 rings (SSSR count). The summed E-state index contributed by atoms with van der Waals surface area (Å²) in [6.45, 7) is 3.77. The number of aromatic nitrogens is 3. The molecule has 4 aromatic rings. The predicted molar refractivity (Wildman–Crippen MR) is 135 cm³/mol. The van der Waals surface area contributed by atoms with Gasteiger partial charge in [-0.3, -0.25) is 9.59 Å². The van der Waals surface area contributed by atoms with Crippen molar-refractivity contribution in [3.63, 3.8) is 0 Å². The van der Waals surface area contributed by atoms with Crippen molar-refractivity contribution < 1.29 is 23.1 Å². The third kappa shape index (κ3) is 4.85. The molecule has 9 nitrogen and oxygen atoms in total. The topological polar surface area (TPSA) is 128 Å². The summed E-state index contributed by atoms with van der Waals surface area (Å²) in [7, 11) is -2.77. The summed E-state index contributed by atoms with van der Waals surface area (Å²) >= 11 is 0. The van der Waals surface area contributed by atoms with Crippen LogP contribution in [-0.2, 0) is 21.2 Å². The number of nitrogens with zero attached hydrogens (tertiary/aromatic N) is 3. The van der Waals surface area contributed by atoms with Crippen LogP contribution < -0.4 is 10.3 Å². The molecule has 0 amide bonds. The highest BCUT2D eigenvalue weighted by atomic mass is 32.2. The Morgan fingerprint density at radius 1 is 1.00 bits per heavy atom. The lowest BCUT2D eigenvalue weighted by atomic mass is 10.0. The van der Waals surface area contributed by atoms with Gasteiger partial charge in [-0.2, -0.15) is 0 Å². The maximum absolute atomic E-state index is 13.2. The Balaban J connectivity index is 1.59. The number of aliphatic carboxylic acids is 1. The number of methoxy groups -OCH3 is 1. The van der Waals surface area contributed by atoms with Gasteiger partial charge in [-0.15, -0.1) is 5.10 Å². The first-order chi connectivity index (χ1) is 17.1. The minimum atomic E-state index is -4.23. The monoisotopic (exact) mass is 507 g/mol. The van der Waals surface area contributed by atoms with Gasteiger partial charge in [-0.25, -0.2) is 13.1 Å². The van der Waals surface area contributed by atoms with Crippen LogP contribution >= 0.6 is 0 Å². The summed E-state index contributed by atoms with van der Waals surface area (Å²) in [5, 5.41) is 16.0. The third-order valence-corrected chi connectivity index (χ3v) is 8.32. The second-order valence-electron chi connectivity index (χ2n) is 8.48. The molecule has 0 bridgehead atoms. The lowest BCUT2D eigenvalue weighted by molar-refractivity contribution is -0.136. The van der Waals surface area contributed by atoms with Crippen LogP contribution in [0.2, 0.25) is 0 Å². The molecule has 1 atom stereocenters. The van der Waals surface area contributed by atoms with E-state index in [1.165, 1.54) is 25.3 Å². The number of hydrogen-bond donors (Lipinski definition) is 1. The Hall–Kier alpha value is -4.05. The number of hydrogen-bond acceptors (Lipinski definition) is 7. The highest BCUT2D eigenvalue weighted by Gasteiger charge is 2.34. The molecule has 1 N–H and O–H groups in total. The summed E-state index contributed by atoms with van der Waals surface area (Å²) in [5.74, 6) is -1.05. The Morgan fingerprint density at radius 3 is 2.33 bits per heavy atom. The van der Waals surface area contributed by atoms with E-state index in [0.29, 0.717) is 11.3 Å². The Labute approximate surface area is 207 Å².